The molecule has 1 heterocycles. The SMILES string of the molecule is CCc1ccc(Nc2ncc(C(=O)NCCc3ccccc3F)cn2)cc1. The predicted molar refractivity (Wildman–Crippen MR) is 104 cm³/mol. The first-order valence-electron chi connectivity index (χ1n) is 8.85. The average Bonchev–Trinajstić information content (AvgIpc) is 2.70. The van der Waals surface area contributed by atoms with Gasteiger partial charge in [-0.15, -0.1) is 0 Å². The molecule has 2 N–H and O–H groups in total. The van der Waals surface area contributed by atoms with Crippen LogP contribution in [-0.4, -0.2) is 22.4 Å². The third-order valence-corrected chi connectivity index (χ3v) is 4.17. The van der Waals surface area contributed by atoms with Crippen molar-refractivity contribution in [2.45, 2.75) is 19.8 Å². The van der Waals surface area contributed by atoms with Crippen molar-refractivity contribution in [3.63, 3.8) is 0 Å². The molecule has 0 bridgehead atoms. The van der Waals surface area contributed by atoms with Crippen molar-refractivity contribution in [1.82, 2.24) is 15.3 Å². The highest BCUT2D eigenvalue weighted by Gasteiger charge is 2.08. The lowest BCUT2D eigenvalue weighted by Gasteiger charge is -2.08. The summed E-state index contributed by atoms with van der Waals surface area (Å²) in [7, 11) is 0. The standard InChI is InChI=1S/C21H21FN4O/c1-2-15-7-9-18(10-8-15)26-21-24-13-17(14-25-21)20(27)23-12-11-16-5-3-4-6-19(16)22/h3-10,13-14H,2,11-12H2,1H3,(H,23,27)(H,24,25,26). The van der Waals surface area contributed by atoms with Crippen molar-refractivity contribution < 1.29 is 9.18 Å². The molecule has 0 aliphatic heterocycles. The third-order valence-electron chi connectivity index (χ3n) is 4.17. The Labute approximate surface area is 157 Å². The molecule has 1 amide bonds. The second kappa shape index (κ2) is 8.89. The lowest BCUT2D eigenvalue weighted by atomic mass is 10.1. The normalized spacial score (nSPS) is 10.4. The molecule has 3 aromatic rings. The average molecular weight is 364 g/mol. The van der Waals surface area contributed by atoms with Crippen molar-refractivity contribution in [3.05, 3.63) is 83.4 Å². The molecule has 0 aliphatic carbocycles. The number of nitrogens with zero attached hydrogens (tertiary/aromatic N) is 2. The van der Waals surface area contributed by atoms with E-state index >= 15 is 0 Å². The molecule has 0 aliphatic rings. The molecule has 0 spiro atoms. The van der Waals surface area contributed by atoms with Crippen molar-refractivity contribution >= 4 is 17.5 Å². The summed E-state index contributed by atoms with van der Waals surface area (Å²) in [5.74, 6) is -0.134. The Kier molecular flexibility index (Phi) is 6.10. The van der Waals surface area contributed by atoms with E-state index in [9.17, 15) is 9.18 Å². The van der Waals surface area contributed by atoms with Crippen LogP contribution in [0.4, 0.5) is 16.0 Å². The number of aryl methyl sites for hydroxylation is 1. The molecule has 0 unspecified atom stereocenters. The number of benzene rings is 2. The van der Waals surface area contributed by atoms with Crippen LogP contribution in [0.25, 0.3) is 0 Å². The number of anilines is 2. The highest BCUT2D eigenvalue weighted by molar-refractivity contribution is 5.93. The predicted octanol–water partition coefficient (Wildman–Crippen LogP) is 3.89. The van der Waals surface area contributed by atoms with Gasteiger partial charge in [0, 0.05) is 24.6 Å². The fraction of sp³-hybridized carbons (Fsp3) is 0.190. The summed E-state index contributed by atoms with van der Waals surface area (Å²) in [4.78, 5) is 20.5. The van der Waals surface area contributed by atoms with Crippen LogP contribution >= 0.6 is 0 Å². The number of carbonyl (C=O) groups is 1. The molecule has 6 heteroatoms. The van der Waals surface area contributed by atoms with Gasteiger partial charge in [-0.05, 0) is 42.2 Å². The van der Waals surface area contributed by atoms with E-state index in [1.165, 1.54) is 24.0 Å². The van der Waals surface area contributed by atoms with E-state index in [0.29, 0.717) is 30.0 Å². The number of halogens is 1. The molecule has 5 nitrogen and oxygen atoms in total. The van der Waals surface area contributed by atoms with Crippen molar-refractivity contribution in [2.75, 3.05) is 11.9 Å². The third kappa shape index (κ3) is 5.10. The van der Waals surface area contributed by atoms with Crippen LogP contribution in [0.2, 0.25) is 0 Å². The molecule has 0 radical (unpaired) electrons. The Morgan fingerprint density at radius 3 is 2.41 bits per heavy atom. The highest BCUT2D eigenvalue weighted by atomic mass is 19.1. The number of carbonyl (C=O) groups excluding carboxylic acids is 1. The van der Waals surface area contributed by atoms with E-state index in [1.807, 2.05) is 24.3 Å². The van der Waals surface area contributed by atoms with Gasteiger partial charge in [0.1, 0.15) is 5.82 Å². The highest BCUT2D eigenvalue weighted by Crippen LogP contribution is 2.14. The monoisotopic (exact) mass is 364 g/mol. The Bertz CT molecular complexity index is 895. The van der Waals surface area contributed by atoms with Gasteiger partial charge in [-0.2, -0.15) is 0 Å². The summed E-state index contributed by atoms with van der Waals surface area (Å²) in [5.41, 5.74) is 3.07. The lowest BCUT2D eigenvalue weighted by molar-refractivity contribution is 0.0953. The molecule has 138 valence electrons. The fourth-order valence-electron chi connectivity index (χ4n) is 2.58. The van der Waals surface area contributed by atoms with Crippen LogP contribution in [-0.2, 0) is 12.8 Å². The van der Waals surface area contributed by atoms with Gasteiger partial charge in [-0.3, -0.25) is 4.79 Å². The van der Waals surface area contributed by atoms with E-state index in [-0.39, 0.29) is 11.7 Å². The topological polar surface area (TPSA) is 66.9 Å². The van der Waals surface area contributed by atoms with Gasteiger partial charge in [-0.25, -0.2) is 14.4 Å². The molecule has 0 saturated carbocycles. The summed E-state index contributed by atoms with van der Waals surface area (Å²) in [5, 5.41) is 5.85. The minimum Gasteiger partial charge on any atom is -0.352 e. The minimum absolute atomic E-state index is 0.266. The molecule has 0 saturated heterocycles. The van der Waals surface area contributed by atoms with Crippen LogP contribution < -0.4 is 10.6 Å². The first kappa shape index (κ1) is 18.5. The minimum atomic E-state index is -0.287. The summed E-state index contributed by atoms with van der Waals surface area (Å²) >= 11 is 0. The number of rotatable bonds is 7. The van der Waals surface area contributed by atoms with Crippen molar-refractivity contribution in [3.8, 4) is 0 Å². The first-order valence-corrected chi connectivity index (χ1v) is 8.85. The van der Waals surface area contributed by atoms with Gasteiger partial charge in [0.05, 0.1) is 5.56 Å². The van der Waals surface area contributed by atoms with E-state index in [0.717, 1.165) is 12.1 Å². The molecule has 1 aromatic heterocycles. The summed E-state index contributed by atoms with van der Waals surface area (Å²) in [6, 6.07) is 14.5. The lowest BCUT2D eigenvalue weighted by Crippen LogP contribution is -2.26. The number of aromatic nitrogens is 2. The second-order valence-corrected chi connectivity index (χ2v) is 6.07. The Hall–Kier alpha value is -3.28. The molecule has 3 rings (SSSR count). The summed E-state index contributed by atoms with van der Waals surface area (Å²) < 4.78 is 13.6. The number of amides is 1. The van der Waals surface area contributed by atoms with E-state index in [2.05, 4.69) is 27.5 Å². The maximum absolute atomic E-state index is 13.6. The van der Waals surface area contributed by atoms with Gasteiger partial charge in [0.25, 0.3) is 5.91 Å². The van der Waals surface area contributed by atoms with Crippen LogP contribution in [0.1, 0.15) is 28.4 Å². The van der Waals surface area contributed by atoms with Gasteiger partial charge in [0.15, 0.2) is 0 Å². The zero-order valence-corrected chi connectivity index (χ0v) is 15.1. The quantitative estimate of drug-likeness (QED) is 0.667. The van der Waals surface area contributed by atoms with Gasteiger partial charge >= 0.3 is 0 Å². The number of hydrogen-bond donors (Lipinski definition) is 2. The molecular weight excluding hydrogens is 343 g/mol. The fourth-order valence-corrected chi connectivity index (χ4v) is 2.58. The smallest absolute Gasteiger partial charge is 0.254 e. The van der Waals surface area contributed by atoms with Gasteiger partial charge in [0.2, 0.25) is 5.95 Å². The molecule has 2 aromatic carbocycles. The molecule has 27 heavy (non-hydrogen) atoms. The van der Waals surface area contributed by atoms with Crippen LogP contribution in [0, 0.1) is 5.82 Å². The molecule has 0 atom stereocenters. The Balaban J connectivity index is 1.53. The van der Waals surface area contributed by atoms with Crippen molar-refractivity contribution in [1.29, 1.82) is 0 Å². The van der Waals surface area contributed by atoms with E-state index in [4.69, 9.17) is 0 Å². The van der Waals surface area contributed by atoms with E-state index < -0.39 is 0 Å². The zero-order chi connectivity index (χ0) is 19.1. The van der Waals surface area contributed by atoms with Crippen molar-refractivity contribution in [2.24, 2.45) is 0 Å². The van der Waals surface area contributed by atoms with Gasteiger partial charge in [-0.1, -0.05) is 37.3 Å². The Morgan fingerprint density at radius 1 is 1.04 bits per heavy atom. The maximum Gasteiger partial charge on any atom is 0.254 e. The zero-order valence-electron chi connectivity index (χ0n) is 15.1. The molecular formula is C21H21FN4O. The van der Waals surface area contributed by atoms with Crippen LogP contribution in [0.5, 0.6) is 0 Å². The van der Waals surface area contributed by atoms with Crippen LogP contribution in [0.3, 0.4) is 0 Å². The van der Waals surface area contributed by atoms with E-state index in [1.54, 1.807) is 18.2 Å². The number of nitrogens with one attached hydrogen (secondary N) is 2. The summed E-state index contributed by atoms with van der Waals surface area (Å²) in [6.07, 6.45) is 4.34. The maximum atomic E-state index is 13.6. The van der Waals surface area contributed by atoms with Gasteiger partial charge < -0.3 is 10.6 Å². The second-order valence-electron chi connectivity index (χ2n) is 6.07. The molecule has 0 fully saturated rings. The largest absolute Gasteiger partial charge is 0.352 e. The van der Waals surface area contributed by atoms with Crippen LogP contribution in [0.15, 0.2) is 60.9 Å². The number of hydrogen-bond acceptors (Lipinski definition) is 4. The Morgan fingerprint density at radius 2 is 1.74 bits per heavy atom. The first-order chi connectivity index (χ1) is 13.2. The summed E-state index contributed by atoms with van der Waals surface area (Å²) in [6.45, 7) is 2.44.